The number of carboxylic acids is 1. The van der Waals surface area contributed by atoms with E-state index in [0.29, 0.717) is 12.6 Å². The van der Waals surface area contributed by atoms with Gasteiger partial charge in [-0.05, 0) is 12.1 Å². The maximum absolute atomic E-state index is 10.4. The minimum Gasteiger partial charge on any atom is -0.478 e. The number of carbonyl (C=O) groups is 1. The summed E-state index contributed by atoms with van der Waals surface area (Å²) >= 11 is 0. The van der Waals surface area contributed by atoms with Crippen LogP contribution in [0.4, 0.5) is 0 Å². The van der Waals surface area contributed by atoms with Crippen molar-refractivity contribution >= 4 is 20.1 Å². The van der Waals surface area contributed by atoms with Crippen LogP contribution in [-0.4, -0.2) is 35.3 Å². The van der Waals surface area contributed by atoms with Gasteiger partial charge in [-0.25, -0.2) is 9.78 Å². The maximum Gasteiger partial charge on any atom is 0.328 e. The minimum atomic E-state index is -1.06. The Morgan fingerprint density at radius 2 is 2.28 bits per heavy atom. The number of hydrogen-bond donors (Lipinski definition) is 1. The lowest BCUT2D eigenvalue weighted by Gasteiger charge is -2.15. The van der Waals surface area contributed by atoms with Crippen LogP contribution in [0.15, 0.2) is 18.5 Å². The highest BCUT2D eigenvalue weighted by molar-refractivity contribution is 6.76. The molecule has 0 aliphatic carbocycles. The molecule has 1 N–H and O–H groups in total. The van der Waals surface area contributed by atoms with Crippen molar-refractivity contribution in [1.29, 1.82) is 0 Å². The molecule has 1 rings (SSSR count). The van der Waals surface area contributed by atoms with E-state index in [2.05, 4.69) is 24.6 Å². The second-order valence-electron chi connectivity index (χ2n) is 5.27. The molecule has 0 bridgehead atoms. The van der Waals surface area contributed by atoms with E-state index in [1.165, 1.54) is 6.08 Å². The van der Waals surface area contributed by atoms with Crippen LogP contribution in [-0.2, 0) is 16.3 Å². The van der Waals surface area contributed by atoms with Gasteiger partial charge in [-0.2, -0.15) is 0 Å². The normalized spacial score (nSPS) is 12.2. The lowest BCUT2D eigenvalue weighted by Crippen LogP contribution is -2.22. The van der Waals surface area contributed by atoms with E-state index in [0.717, 1.165) is 18.7 Å². The highest BCUT2D eigenvalue weighted by Gasteiger charge is 2.12. The molecular weight excluding hydrogens is 248 g/mol. The van der Waals surface area contributed by atoms with Crippen molar-refractivity contribution in [3.63, 3.8) is 0 Å². The molecule has 0 spiro atoms. The number of carboxylic acid groups (broad SMARTS) is 1. The number of rotatable bonds is 7. The molecule has 0 radical (unpaired) electrons. The van der Waals surface area contributed by atoms with Crippen molar-refractivity contribution in [2.75, 3.05) is 6.61 Å². The summed E-state index contributed by atoms with van der Waals surface area (Å²) in [5.74, 6) is -0.394. The van der Waals surface area contributed by atoms with Gasteiger partial charge in [0.1, 0.15) is 12.6 Å². The first-order valence-corrected chi connectivity index (χ1v) is 9.59. The maximum atomic E-state index is 10.4. The predicted molar refractivity (Wildman–Crippen MR) is 73.0 cm³/mol. The largest absolute Gasteiger partial charge is 0.478 e. The molecule has 0 saturated heterocycles. The highest BCUT2D eigenvalue weighted by Crippen LogP contribution is 2.08. The van der Waals surface area contributed by atoms with Crippen molar-refractivity contribution in [2.24, 2.45) is 0 Å². The SMILES string of the molecule is C[Si](C)(C)CCOCn1ccnc1/C=C/C(=O)O. The van der Waals surface area contributed by atoms with E-state index in [9.17, 15) is 4.79 Å². The summed E-state index contributed by atoms with van der Waals surface area (Å²) in [5, 5.41) is 8.56. The first-order chi connectivity index (χ1) is 8.38. The third kappa shape index (κ3) is 5.79. The Hall–Kier alpha value is -1.40. The van der Waals surface area contributed by atoms with Crippen molar-refractivity contribution in [3.05, 3.63) is 24.3 Å². The van der Waals surface area contributed by atoms with E-state index in [1.54, 1.807) is 17.0 Å². The summed E-state index contributed by atoms with van der Waals surface area (Å²) in [5.41, 5.74) is 0. The topological polar surface area (TPSA) is 64.4 Å². The molecule has 6 heteroatoms. The summed E-state index contributed by atoms with van der Waals surface area (Å²) < 4.78 is 7.36. The van der Waals surface area contributed by atoms with Gasteiger partial charge in [0.2, 0.25) is 0 Å². The van der Waals surface area contributed by atoms with Gasteiger partial charge in [0.15, 0.2) is 0 Å². The van der Waals surface area contributed by atoms with Crippen LogP contribution in [0.1, 0.15) is 5.82 Å². The first-order valence-electron chi connectivity index (χ1n) is 5.88. The number of hydrogen-bond acceptors (Lipinski definition) is 3. The third-order valence-electron chi connectivity index (χ3n) is 2.35. The van der Waals surface area contributed by atoms with Gasteiger partial charge in [0, 0.05) is 33.2 Å². The molecule has 0 saturated carbocycles. The molecule has 100 valence electrons. The molecule has 1 aromatic heterocycles. The standard InChI is InChI=1S/C12H20N2O3Si/c1-18(2,3)9-8-17-10-14-7-6-13-11(14)4-5-12(15)16/h4-7H,8-10H2,1-3H3,(H,15,16)/b5-4+. The zero-order chi connectivity index (χ0) is 13.6. The van der Waals surface area contributed by atoms with Gasteiger partial charge in [-0.15, -0.1) is 0 Å². The zero-order valence-corrected chi connectivity index (χ0v) is 12.1. The van der Waals surface area contributed by atoms with Crippen LogP contribution in [0.2, 0.25) is 25.7 Å². The van der Waals surface area contributed by atoms with Crippen LogP contribution >= 0.6 is 0 Å². The van der Waals surface area contributed by atoms with Crippen molar-refractivity contribution in [1.82, 2.24) is 9.55 Å². The average Bonchev–Trinajstić information content (AvgIpc) is 2.67. The molecule has 0 fully saturated rings. The quantitative estimate of drug-likeness (QED) is 0.468. The molecular formula is C12H20N2O3Si. The minimum absolute atomic E-state index is 0.407. The molecule has 0 aliphatic heterocycles. The number of aromatic nitrogens is 2. The van der Waals surface area contributed by atoms with Crippen molar-refractivity contribution in [3.8, 4) is 0 Å². The molecule has 0 unspecified atom stereocenters. The van der Waals surface area contributed by atoms with Gasteiger partial charge in [-0.1, -0.05) is 19.6 Å². The first kappa shape index (κ1) is 14.7. The number of imidazole rings is 1. The molecule has 18 heavy (non-hydrogen) atoms. The van der Waals surface area contributed by atoms with E-state index < -0.39 is 14.0 Å². The second-order valence-corrected chi connectivity index (χ2v) is 10.9. The fraction of sp³-hybridized carbons (Fsp3) is 0.500. The highest BCUT2D eigenvalue weighted by atomic mass is 28.3. The zero-order valence-electron chi connectivity index (χ0n) is 11.1. The van der Waals surface area contributed by atoms with Crippen LogP contribution < -0.4 is 0 Å². The number of ether oxygens (including phenoxy) is 1. The Morgan fingerprint density at radius 1 is 1.56 bits per heavy atom. The van der Waals surface area contributed by atoms with E-state index in [1.807, 2.05) is 0 Å². The Bertz CT molecular complexity index is 421. The van der Waals surface area contributed by atoms with E-state index in [4.69, 9.17) is 9.84 Å². The molecule has 1 aromatic rings. The number of aliphatic carboxylic acids is 1. The Balaban J connectivity index is 2.43. The summed E-state index contributed by atoms with van der Waals surface area (Å²) in [4.78, 5) is 14.5. The van der Waals surface area contributed by atoms with Crippen molar-refractivity contribution < 1.29 is 14.6 Å². The number of nitrogens with zero attached hydrogens (tertiary/aromatic N) is 2. The fourth-order valence-corrected chi connectivity index (χ4v) is 2.03. The lowest BCUT2D eigenvalue weighted by molar-refractivity contribution is -0.131. The monoisotopic (exact) mass is 268 g/mol. The average molecular weight is 268 g/mol. The predicted octanol–water partition coefficient (Wildman–Crippen LogP) is 2.29. The van der Waals surface area contributed by atoms with Crippen LogP contribution in [0.25, 0.3) is 6.08 Å². The van der Waals surface area contributed by atoms with Crippen LogP contribution in [0.5, 0.6) is 0 Å². The van der Waals surface area contributed by atoms with Gasteiger partial charge in [0.25, 0.3) is 0 Å². The summed E-state index contributed by atoms with van der Waals surface area (Å²) in [7, 11) is -1.06. The fourth-order valence-electron chi connectivity index (χ4n) is 1.28. The van der Waals surface area contributed by atoms with Gasteiger partial charge >= 0.3 is 5.97 Å². The molecule has 1 heterocycles. The van der Waals surface area contributed by atoms with E-state index in [-0.39, 0.29) is 0 Å². The van der Waals surface area contributed by atoms with E-state index >= 15 is 0 Å². The molecule has 0 aliphatic rings. The summed E-state index contributed by atoms with van der Waals surface area (Å²) in [6.07, 6.45) is 5.94. The Morgan fingerprint density at radius 3 is 2.89 bits per heavy atom. The third-order valence-corrected chi connectivity index (χ3v) is 4.05. The molecule has 5 nitrogen and oxygen atoms in total. The van der Waals surface area contributed by atoms with Gasteiger partial charge in [0.05, 0.1) is 0 Å². The Kier molecular flexibility index (Phi) is 5.30. The smallest absolute Gasteiger partial charge is 0.328 e. The summed E-state index contributed by atoms with van der Waals surface area (Å²) in [6, 6.07) is 1.11. The van der Waals surface area contributed by atoms with Crippen LogP contribution in [0.3, 0.4) is 0 Å². The van der Waals surface area contributed by atoms with Gasteiger partial charge < -0.3 is 14.4 Å². The molecule has 0 atom stereocenters. The van der Waals surface area contributed by atoms with Crippen molar-refractivity contribution in [2.45, 2.75) is 32.4 Å². The Labute approximate surface area is 108 Å². The molecule has 0 aromatic carbocycles. The summed E-state index contributed by atoms with van der Waals surface area (Å²) in [6.45, 7) is 8.04. The van der Waals surface area contributed by atoms with Crippen LogP contribution in [0, 0.1) is 0 Å². The molecule has 0 amide bonds. The van der Waals surface area contributed by atoms with Gasteiger partial charge in [-0.3, -0.25) is 0 Å². The lowest BCUT2D eigenvalue weighted by atomic mass is 10.5. The second kappa shape index (κ2) is 6.51.